The van der Waals surface area contributed by atoms with E-state index in [-0.39, 0.29) is 17.3 Å². The van der Waals surface area contributed by atoms with Gasteiger partial charge in [0.1, 0.15) is 11.5 Å². The highest BCUT2D eigenvalue weighted by atomic mass is 19.1. The molecule has 2 N–H and O–H groups in total. The van der Waals surface area contributed by atoms with E-state index in [1.807, 2.05) is 36.4 Å². The maximum atomic E-state index is 13.1. The minimum absolute atomic E-state index is 0.0382. The zero-order valence-corrected chi connectivity index (χ0v) is 15.7. The number of likely N-dealkylation sites (tertiary alicyclic amines) is 1. The summed E-state index contributed by atoms with van der Waals surface area (Å²) >= 11 is 0. The van der Waals surface area contributed by atoms with Crippen molar-refractivity contribution < 1.29 is 13.9 Å². The molecule has 2 saturated heterocycles. The van der Waals surface area contributed by atoms with Crippen LogP contribution in [0.2, 0.25) is 0 Å². The summed E-state index contributed by atoms with van der Waals surface area (Å²) in [6.07, 6.45) is 2.62. The van der Waals surface area contributed by atoms with E-state index in [0.717, 1.165) is 50.1 Å². The van der Waals surface area contributed by atoms with Crippen LogP contribution >= 0.6 is 0 Å². The Balaban J connectivity index is 1.24. The number of amides is 1. The first-order valence-electron chi connectivity index (χ1n) is 9.85. The normalized spacial score (nSPS) is 26.1. The van der Waals surface area contributed by atoms with Crippen molar-refractivity contribution in [1.29, 1.82) is 0 Å². The van der Waals surface area contributed by atoms with Crippen molar-refractivity contribution in [1.82, 2.24) is 10.2 Å². The average molecular weight is 381 g/mol. The first-order valence-corrected chi connectivity index (χ1v) is 9.85. The lowest BCUT2D eigenvalue weighted by molar-refractivity contribution is -0.0452. The van der Waals surface area contributed by atoms with Crippen molar-refractivity contribution in [2.75, 3.05) is 25.0 Å². The molecule has 2 spiro atoms. The zero-order valence-electron chi connectivity index (χ0n) is 15.7. The number of halogens is 1. The maximum absolute atomic E-state index is 13.1. The SMILES string of the molecule is O=C1NC2(COC3(CCN(Cc4ccc(F)cc4)CC3)C2)Nc2ccccc21. The van der Waals surface area contributed by atoms with Gasteiger partial charge in [0.15, 0.2) is 0 Å². The third kappa shape index (κ3) is 3.16. The molecule has 2 aromatic rings. The number of ether oxygens (including phenoxy) is 1. The Bertz CT molecular complexity index is 893. The number of nitrogens with one attached hydrogen (secondary N) is 2. The lowest BCUT2D eigenvalue weighted by Crippen LogP contribution is -2.59. The fraction of sp³-hybridized carbons (Fsp3) is 0.409. The lowest BCUT2D eigenvalue weighted by Gasteiger charge is -2.41. The molecule has 3 aliphatic heterocycles. The van der Waals surface area contributed by atoms with E-state index in [4.69, 9.17) is 4.74 Å². The van der Waals surface area contributed by atoms with Crippen molar-refractivity contribution >= 4 is 11.6 Å². The zero-order chi connectivity index (χ0) is 19.2. The van der Waals surface area contributed by atoms with Crippen molar-refractivity contribution in [2.45, 2.75) is 37.1 Å². The fourth-order valence-electron chi connectivity index (χ4n) is 4.74. The van der Waals surface area contributed by atoms with Crippen LogP contribution in [-0.4, -0.2) is 41.8 Å². The van der Waals surface area contributed by atoms with Crippen LogP contribution in [-0.2, 0) is 11.3 Å². The Hall–Kier alpha value is -2.44. The van der Waals surface area contributed by atoms with Gasteiger partial charge in [-0.05, 0) is 42.7 Å². The number of rotatable bonds is 2. The van der Waals surface area contributed by atoms with Crippen molar-refractivity contribution in [2.24, 2.45) is 0 Å². The van der Waals surface area contributed by atoms with Crippen LogP contribution < -0.4 is 10.6 Å². The molecule has 0 bridgehead atoms. The molecule has 6 heteroatoms. The number of fused-ring (bicyclic) bond motifs is 1. The monoisotopic (exact) mass is 381 g/mol. The summed E-state index contributed by atoms with van der Waals surface area (Å²) in [5.74, 6) is -0.238. The van der Waals surface area contributed by atoms with Crippen LogP contribution in [0, 0.1) is 5.82 Å². The van der Waals surface area contributed by atoms with E-state index in [1.54, 1.807) is 0 Å². The van der Waals surface area contributed by atoms with Gasteiger partial charge in [0.25, 0.3) is 5.91 Å². The molecule has 146 valence electrons. The van der Waals surface area contributed by atoms with Crippen LogP contribution in [0.5, 0.6) is 0 Å². The van der Waals surface area contributed by atoms with E-state index in [1.165, 1.54) is 12.1 Å². The quantitative estimate of drug-likeness (QED) is 0.839. The molecule has 5 nitrogen and oxygen atoms in total. The molecular formula is C22H24FN3O2. The number of carbonyl (C=O) groups excluding carboxylic acids is 1. The van der Waals surface area contributed by atoms with Gasteiger partial charge in [-0.3, -0.25) is 9.69 Å². The summed E-state index contributed by atoms with van der Waals surface area (Å²) in [5, 5.41) is 6.68. The molecule has 2 fully saturated rings. The number of anilines is 1. The fourth-order valence-corrected chi connectivity index (χ4v) is 4.74. The Kier molecular flexibility index (Phi) is 4.14. The van der Waals surface area contributed by atoms with Crippen LogP contribution in [0.4, 0.5) is 10.1 Å². The molecule has 0 radical (unpaired) electrons. The highest BCUT2D eigenvalue weighted by Gasteiger charge is 2.53. The second kappa shape index (κ2) is 6.57. The molecule has 0 saturated carbocycles. The third-order valence-electron chi connectivity index (χ3n) is 6.23. The largest absolute Gasteiger partial charge is 0.370 e. The first kappa shape index (κ1) is 17.6. The molecular weight excluding hydrogens is 357 g/mol. The number of piperidine rings is 1. The molecule has 1 atom stereocenters. The van der Waals surface area contributed by atoms with Crippen molar-refractivity contribution in [3.05, 3.63) is 65.5 Å². The van der Waals surface area contributed by atoms with E-state index in [2.05, 4.69) is 15.5 Å². The Morgan fingerprint density at radius 1 is 1.04 bits per heavy atom. The standard InChI is InChI=1S/C22H24FN3O2/c23-17-7-5-16(6-8-17)13-26-11-9-21(10-12-26)14-22(15-28-21)24-19-4-2-1-3-18(19)20(27)25-22/h1-8,24H,9-15H2,(H,25,27). The Morgan fingerprint density at radius 2 is 1.79 bits per heavy atom. The van der Waals surface area contributed by atoms with Gasteiger partial charge < -0.3 is 15.4 Å². The molecule has 0 aliphatic carbocycles. The summed E-state index contributed by atoms with van der Waals surface area (Å²) in [4.78, 5) is 14.9. The maximum Gasteiger partial charge on any atom is 0.255 e. The molecule has 1 unspecified atom stereocenters. The van der Waals surface area contributed by atoms with E-state index < -0.39 is 5.66 Å². The van der Waals surface area contributed by atoms with E-state index >= 15 is 0 Å². The molecule has 28 heavy (non-hydrogen) atoms. The second-order valence-electron chi connectivity index (χ2n) is 8.26. The van der Waals surface area contributed by atoms with Gasteiger partial charge in [0.2, 0.25) is 0 Å². The van der Waals surface area contributed by atoms with Crippen LogP contribution in [0.15, 0.2) is 48.5 Å². The number of nitrogens with zero attached hydrogens (tertiary/aromatic N) is 1. The number of carbonyl (C=O) groups is 1. The van der Waals surface area contributed by atoms with Crippen LogP contribution in [0.3, 0.4) is 0 Å². The van der Waals surface area contributed by atoms with Crippen molar-refractivity contribution in [3.63, 3.8) is 0 Å². The topological polar surface area (TPSA) is 53.6 Å². The summed E-state index contributed by atoms with van der Waals surface area (Å²) < 4.78 is 19.4. The van der Waals surface area contributed by atoms with Gasteiger partial charge in [-0.2, -0.15) is 0 Å². The summed E-state index contributed by atoms with van der Waals surface area (Å²) in [6.45, 7) is 3.16. The van der Waals surface area contributed by atoms with Gasteiger partial charge >= 0.3 is 0 Å². The molecule has 5 rings (SSSR count). The summed E-state index contributed by atoms with van der Waals surface area (Å²) in [6, 6.07) is 14.3. The van der Waals surface area contributed by atoms with Gasteiger partial charge in [-0.25, -0.2) is 4.39 Å². The summed E-state index contributed by atoms with van der Waals surface area (Å²) in [5.41, 5.74) is 1.96. The average Bonchev–Trinajstić information content (AvgIpc) is 3.03. The highest BCUT2D eigenvalue weighted by molar-refractivity contribution is 6.02. The highest BCUT2D eigenvalue weighted by Crippen LogP contribution is 2.43. The molecule has 3 aliphatic rings. The van der Waals surface area contributed by atoms with Crippen molar-refractivity contribution in [3.8, 4) is 0 Å². The van der Waals surface area contributed by atoms with E-state index in [0.29, 0.717) is 12.2 Å². The third-order valence-corrected chi connectivity index (χ3v) is 6.23. The van der Waals surface area contributed by atoms with Gasteiger partial charge in [0.05, 0.1) is 17.8 Å². The predicted octanol–water partition coefficient (Wildman–Crippen LogP) is 3.13. The lowest BCUT2D eigenvalue weighted by atomic mass is 9.84. The number of hydrogen-bond donors (Lipinski definition) is 2. The molecule has 1 amide bonds. The minimum Gasteiger partial charge on any atom is -0.370 e. The van der Waals surface area contributed by atoms with Crippen LogP contribution in [0.1, 0.15) is 35.2 Å². The summed E-state index contributed by atoms with van der Waals surface area (Å²) in [7, 11) is 0. The van der Waals surface area contributed by atoms with Gasteiger partial charge in [-0.15, -0.1) is 0 Å². The smallest absolute Gasteiger partial charge is 0.255 e. The van der Waals surface area contributed by atoms with Crippen LogP contribution in [0.25, 0.3) is 0 Å². The number of hydrogen-bond acceptors (Lipinski definition) is 4. The number of benzene rings is 2. The number of para-hydroxylation sites is 1. The Morgan fingerprint density at radius 3 is 2.57 bits per heavy atom. The molecule has 2 aromatic carbocycles. The van der Waals surface area contributed by atoms with Gasteiger partial charge in [-0.1, -0.05) is 24.3 Å². The van der Waals surface area contributed by atoms with Gasteiger partial charge in [0, 0.05) is 31.7 Å². The Labute approximate surface area is 163 Å². The second-order valence-corrected chi connectivity index (χ2v) is 8.26. The molecule has 0 aromatic heterocycles. The molecule has 3 heterocycles. The minimum atomic E-state index is -0.523. The predicted molar refractivity (Wildman–Crippen MR) is 104 cm³/mol. The van der Waals surface area contributed by atoms with E-state index in [9.17, 15) is 9.18 Å². The first-order chi connectivity index (χ1) is 13.5.